The lowest BCUT2D eigenvalue weighted by molar-refractivity contribution is -0.135. The number of thiazole rings is 1. The highest BCUT2D eigenvalue weighted by Crippen LogP contribution is 2.17. The van der Waals surface area contributed by atoms with E-state index in [1.165, 1.54) is 17.5 Å². The van der Waals surface area contributed by atoms with Crippen LogP contribution >= 0.6 is 11.3 Å². The zero-order chi connectivity index (χ0) is 14.7. The highest BCUT2D eigenvalue weighted by atomic mass is 32.1. The fraction of sp³-hybridized carbons (Fsp3) is 0.615. The molecule has 0 unspecified atom stereocenters. The van der Waals surface area contributed by atoms with Crippen LogP contribution in [0.25, 0.3) is 0 Å². The Morgan fingerprint density at radius 3 is 2.90 bits per heavy atom. The van der Waals surface area contributed by atoms with E-state index in [0.29, 0.717) is 16.6 Å². The van der Waals surface area contributed by atoms with Crippen molar-refractivity contribution in [3.63, 3.8) is 0 Å². The Labute approximate surface area is 122 Å². The molecule has 0 saturated carbocycles. The standard InChI is InChI=1S/C13H20N4O2S/c1-8(2)12(19)17-5-3-4-9(7-17)16-11(18)10-6-15-13(14)20-10/h6,8-9H,3-5,7H2,1-2H3,(H2,14,15)(H,16,18)/t9-/m0/s1. The first-order valence-corrected chi connectivity index (χ1v) is 7.60. The molecule has 6 nitrogen and oxygen atoms in total. The molecule has 0 aliphatic carbocycles. The van der Waals surface area contributed by atoms with Crippen LogP contribution in [0.1, 0.15) is 36.4 Å². The van der Waals surface area contributed by atoms with Gasteiger partial charge in [-0.05, 0) is 12.8 Å². The van der Waals surface area contributed by atoms with Gasteiger partial charge in [-0.3, -0.25) is 9.59 Å². The number of nitrogen functional groups attached to an aromatic ring is 1. The third kappa shape index (κ3) is 3.47. The van der Waals surface area contributed by atoms with Crippen LogP contribution in [0.4, 0.5) is 5.13 Å². The van der Waals surface area contributed by atoms with Crippen molar-refractivity contribution < 1.29 is 9.59 Å². The van der Waals surface area contributed by atoms with Crippen LogP contribution in [0, 0.1) is 5.92 Å². The van der Waals surface area contributed by atoms with Gasteiger partial charge in [-0.1, -0.05) is 25.2 Å². The molecule has 3 N–H and O–H groups in total. The Morgan fingerprint density at radius 1 is 1.55 bits per heavy atom. The first kappa shape index (κ1) is 14.8. The van der Waals surface area contributed by atoms with E-state index in [2.05, 4.69) is 10.3 Å². The van der Waals surface area contributed by atoms with Gasteiger partial charge >= 0.3 is 0 Å². The second-order valence-corrected chi connectivity index (χ2v) is 6.38. The molecule has 7 heteroatoms. The van der Waals surface area contributed by atoms with Crippen LogP contribution in [-0.4, -0.2) is 40.8 Å². The second-order valence-electron chi connectivity index (χ2n) is 5.31. The summed E-state index contributed by atoms with van der Waals surface area (Å²) >= 11 is 1.17. The van der Waals surface area contributed by atoms with Gasteiger partial charge in [0.2, 0.25) is 5.91 Å². The highest BCUT2D eigenvalue weighted by molar-refractivity contribution is 7.17. The van der Waals surface area contributed by atoms with Crippen LogP contribution in [-0.2, 0) is 4.79 Å². The van der Waals surface area contributed by atoms with Gasteiger partial charge in [0.1, 0.15) is 4.88 Å². The summed E-state index contributed by atoms with van der Waals surface area (Å²) in [5.41, 5.74) is 5.52. The molecular weight excluding hydrogens is 276 g/mol. The molecule has 1 saturated heterocycles. The Kier molecular flexibility index (Phi) is 4.59. The van der Waals surface area contributed by atoms with E-state index in [-0.39, 0.29) is 23.8 Å². The zero-order valence-corrected chi connectivity index (χ0v) is 12.6. The molecule has 2 amide bonds. The van der Waals surface area contributed by atoms with Gasteiger partial charge in [0, 0.05) is 25.0 Å². The van der Waals surface area contributed by atoms with E-state index in [1.807, 2.05) is 18.7 Å². The Hall–Kier alpha value is -1.63. The third-order valence-corrected chi connectivity index (χ3v) is 4.13. The molecule has 0 aromatic carbocycles. The molecule has 110 valence electrons. The average molecular weight is 296 g/mol. The molecule has 0 spiro atoms. The number of aromatic nitrogens is 1. The predicted molar refractivity (Wildman–Crippen MR) is 78.4 cm³/mol. The number of piperidine rings is 1. The van der Waals surface area contributed by atoms with Crippen molar-refractivity contribution in [2.75, 3.05) is 18.8 Å². The summed E-state index contributed by atoms with van der Waals surface area (Å²) in [5, 5.41) is 3.34. The Bertz CT molecular complexity index is 500. The maximum Gasteiger partial charge on any atom is 0.263 e. The van der Waals surface area contributed by atoms with Crippen LogP contribution in [0.3, 0.4) is 0 Å². The number of rotatable bonds is 3. The Morgan fingerprint density at radius 2 is 2.30 bits per heavy atom. The predicted octanol–water partition coefficient (Wildman–Crippen LogP) is 1.10. The molecule has 1 fully saturated rings. The quantitative estimate of drug-likeness (QED) is 0.874. The van der Waals surface area contributed by atoms with Gasteiger partial charge in [-0.25, -0.2) is 4.98 Å². The van der Waals surface area contributed by atoms with Gasteiger partial charge in [-0.2, -0.15) is 0 Å². The maximum absolute atomic E-state index is 12.0. The van der Waals surface area contributed by atoms with Crippen molar-refractivity contribution in [1.29, 1.82) is 0 Å². The maximum atomic E-state index is 12.0. The minimum absolute atomic E-state index is 0.00211. The highest BCUT2D eigenvalue weighted by Gasteiger charge is 2.26. The van der Waals surface area contributed by atoms with E-state index in [9.17, 15) is 9.59 Å². The van der Waals surface area contributed by atoms with Gasteiger partial charge in [-0.15, -0.1) is 0 Å². The molecule has 2 heterocycles. The summed E-state index contributed by atoms with van der Waals surface area (Å²) in [6.45, 7) is 5.14. The zero-order valence-electron chi connectivity index (χ0n) is 11.8. The molecule has 1 aliphatic heterocycles. The fourth-order valence-electron chi connectivity index (χ4n) is 2.31. The summed E-state index contributed by atoms with van der Waals surface area (Å²) in [4.78, 5) is 30.2. The van der Waals surface area contributed by atoms with Crippen LogP contribution in [0.15, 0.2) is 6.20 Å². The lowest BCUT2D eigenvalue weighted by atomic mass is 10.0. The minimum Gasteiger partial charge on any atom is -0.375 e. The topological polar surface area (TPSA) is 88.3 Å². The van der Waals surface area contributed by atoms with E-state index in [0.717, 1.165) is 19.4 Å². The number of carbonyl (C=O) groups is 2. The molecule has 1 aliphatic rings. The number of hydrogen-bond acceptors (Lipinski definition) is 5. The monoisotopic (exact) mass is 296 g/mol. The number of anilines is 1. The molecule has 20 heavy (non-hydrogen) atoms. The molecule has 2 rings (SSSR count). The molecule has 1 aromatic rings. The van der Waals surface area contributed by atoms with Crippen LogP contribution in [0.5, 0.6) is 0 Å². The first-order valence-electron chi connectivity index (χ1n) is 6.78. The lowest BCUT2D eigenvalue weighted by Crippen LogP contribution is -2.50. The fourth-order valence-corrected chi connectivity index (χ4v) is 2.90. The van der Waals surface area contributed by atoms with Gasteiger partial charge in [0.05, 0.1) is 6.20 Å². The van der Waals surface area contributed by atoms with E-state index in [1.54, 1.807) is 0 Å². The van der Waals surface area contributed by atoms with Crippen molar-refractivity contribution in [3.8, 4) is 0 Å². The molecule has 0 radical (unpaired) electrons. The van der Waals surface area contributed by atoms with Crippen LogP contribution in [0.2, 0.25) is 0 Å². The van der Waals surface area contributed by atoms with Crippen LogP contribution < -0.4 is 11.1 Å². The van der Waals surface area contributed by atoms with Gasteiger partial charge in [0.15, 0.2) is 5.13 Å². The number of carbonyl (C=O) groups excluding carboxylic acids is 2. The summed E-state index contributed by atoms with van der Waals surface area (Å²) in [7, 11) is 0. The number of nitrogens with zero attached hydrogens (tertiary/aromatic N) is 2. The number of likely N-dealkylation sites (tertiary alicyclic amines) is 1. The largest absolute Gasteiger partial charge is 0.375 e. The van der Waals surface area contributed by atoms with Gasteiger partial charge in [0.25, 0.3) is 5.91 Å². The minimum atomic E-state index is -0.164. The molecule has 1 atom stereocenters. The van der Waals surface area contributed by atoms with Crippen molar-refractivity contribution in [1.82, 2.24) is 15.2 Å². The SMILES string of the molecule is CC(C)C(=O)N1CCC[C@H](NC(=O)c2cnc(N)s2)C1. The first-order chi connectivity index (χ1) is 9.47. The molecular formula is C13H20N4O2S. The van der Waals surface area contributed by atoms with E-state index >= 15 is 0 Å². The Balaban J connectivity index is 1.93. The smallest absolute Gasteiger partial charge is 0.263 e. The number of nitrogens with two attached hydrogens (primary N) is 1. The van der Waals surface area contributed by atoms with Crippen molar-refractivity contribution >= 4 is 28.3 Å². The summed E-state index contributed by atoms with van der Waals surface area (Å²) < 4.78 is 0. The summed E-state index contributed by atoms with van der Waals surface area (Å²) in [6.07, 6.45) is 3.28. The van der Waals surface area contributed by atoms with Crippen molar-refractivity contribution in [2.45, 2.75) is 32.7 Å². The van der Waals surface area contributed by atoms with Gasteiger partial charge < -0.3 is 16.0 Å². The second kappa shape index (κ2) is 6.21. The third-order valence-electron chi connectivity index (χ3n) is 3.31. The number of nitrogens with one attached hydrogen (secondary N) is 1. The molecule has 1 aromatic heterocycles. The summed E-state index contributed by atoms with van der Waals surface area (Å²) in [6, 6.07) is 0.00211. The van der Waals surface area contributed by atoms with E-state index in [4.69, 9.17) is 5.73 Å². The summed E-state index contributed by atoms with van der Waals surface area (Å²) in [5.74, 6) is -0.0280. The van der Waals surface area contributed by atoms with Crippen molar-refractivity contribution in [3.05, 3.63) is 11.1 Å². The number of hydrogen-bond donors (Lipinski definition) is 2. The molecule has 0 bridgehead atoms. The normalized spacial score (nSPS) is 19.1. The van der Waals surface area contributed by atoms with E-state index < -0.39 is 0 Å². The van der Waals surface area contributed by atoms with Crippen molar-refractivity contribution in [2.24, 2.45) is 5.92 Å². The lowest BCUT2D eigenvalue weighted by Gasteiger charge is -2.34. The number of amides is 2. The average Bonchev–Trinajstić information content (AvgIpc) is 2.85.